The zero-order chi connectivity index (χ0) is 13.5. The third-order valence-electron chi connectivity index (χ3n) is 4.01. The molecular formula is C17H16N2O. The van der Waals surface area contributed by atoms with Gasteiger partial charge in [-0.15, -0.1) is 0 Å². The van der Waals surface area contributed by atoms with Crippen molar-refractivity contribution in [3.8, 4) is 5.75 Å². The Balaban J connectivity index is 1.67. The number of benzene rings is 2. The van der Waals surface area contributed by atoms with Crippen LogP contribution < -0.4 is 4.74 Å². The molecule has 1 unspecified atom stereocenters. The van der Waals surface area contributed by atoms with E-state index in [9.17, 15) is 0 Å². The monoisotopic (exact) mass is 264 g/mol. The molecule has 2 aliphatic heterocycles. The fourth-order valence-corrected chi connectivity index (χ4v) is 2.89. The molecule has 0 aromatic heterocycles. The Hall–Kier alpha value is -2.29. The van der Waals surface area contributed by atoms with Gasteiger partial charge in [0.1, 0.15) is 5.75 Å². The summed E-state index contributed by atoms with van der Waals surface area (Å²) in [5, 5.41) is 6.79. The Bertz CT molecular complexity index is 676. The van der Waals surface area contributed by atoms with Gasteiger partial charge < -0.3 is 4.74 Å². The number of nitrogens with zero attached hydrogens (tertiary/aromatic N) is 2. The second kappa shape index (κ2) is 4.37. The van der Waals surface area contributed by atoms with E-state index in [1.807, 2.05) is 12.1 Å². The first-order valence-electron chi connectivity index (χ1n) is 6.94. The van der Waals surface area contributed by atoms with Crippen LogP contribution in [-0.2, 0) is 0 Å². The zero-order valence-corrected chi connectivity index (χ0v) is 11.4. The van der Waals surface area contributed by atoms with Gasteiger partial charge in [0.05, 0.1) is 11.8 Å². The highest BCUT2D eigenvalue weighted by molar-refractivity contribution is 6.01. The summed E-state index contributed by atoms with van der Waals surface area (Å²) >= 11 is 0. The van der Waals surface area contributed by atoms with E-state index < -0.39 is 0 Å². The predicted molar refractivity (Wildman–Crippen MR) is 78.9 cm³/mol. The van der Waals surface area contributed by atoms with Crippen molar-refractivity contribution >= 4 is 5.71 Å². The molecule has 4 rings (SSSR count). The second-order valence-electron chi connectivity index (χ2n) is 5.38. The Morgan fingerprint density at radius 3 is 2.75 bits per heavy atom. The van der Waals surface area contributed by atoms with Crippen LogP contribution in [0.3, 0.4) is 0 Å². The molecule has 0 bridgehead atoms. The standard InChI is InChI=1S/C17H16N2O/c1-12-6-8-13(9-7-12)15-10-16-14-4-2-3-5-17(14)20-11-19(16)18-15/h2-9,16H,10-11H2,1H3. The molecule has 1 atom stereocenters. The van der Waals surface area contributed by atoms with Crippen LogP contribution >= 0.6 is 0 Å². The molecule has 0 radical (unpaired) electrons. The molecule has 0 spiro atoms. The largest absolute Gasteiger partial charge is 0.471 e. The Morgan fingerprint density at radius 2 is 1.90 bits per heavy atom. The molecule has 2 heterocycles. The number of rotatable bonds is 1. The minimum absolute atomic E-state index is 0.316. The van der Waals surface area contributed by atoms with E-state index in [1.54, 1.807) is 0 Å². The van der Waals surface area contributed by atoms with Crippen LogP contribution in [-0.4, -0.2) is 17.5 Å². The smallest absolute Gasteiger partial charge is 0.177 e. The summed E-state index contributed by atoms with van der Waals surface area (Å²) in [4.78, 5) is 0. The van der Waals surface area contributed by atoms with E-state index in [1.165, 1.54) is 16.7 Å². The first-order valence-corrected chi connectivity index (χ1v) is 6.94. The first kappa shape index (κ1) is 11.5. The quantitative estimate of drug-likeness (QED) is 0.787. The Morgan fingerprint density at radius 1 is 1.10 bits per heavy atom. The number of ether oxygens (including phenoxy) is 1. The lowest BCUT2D eigenvalue weighted by Crippen LogP contribution is -2.29. The molecule has 0 N–H and O–H groups in total. The van der Waals surface area contributed by atoms with Gasteiger partial charge in [-0.25, -0.2) is 0 Å². The second-order valence-corrected chi connectivity index (χ2v) is 5.38. The molecule has 0 saturated carbocycles. The Labute approximate surface area is 118 Å². The fourth-order valence-electron chi connectivity index (χ4n) is 2.89. The van der Waals surface area contributed by atoms with E-state index in [2.05, 4.69) is 48.3 Å². The van der Waals surface area contributed by atoms with E-state index >= 15 is 0 Å². The van der Waals surface area contributed by atoms with Gasteiger partial charge >= 0.3 is 0 Å². The summed E-state index contributed by atoms with van der Waals surface area (Å²) in [6.07, 6.45) is 0.948. The third-order valence-corrected chi connectivity index (χ3v) is 4.01. The molecule has 3 nitrogen and oxygen atoms in total. The maximum absolute atomic E-state index is 5.76. The van der Waals surface area contributed by atoms with Gasteiger partial charge in [0, 0.05) is 12.0 Å². The number of fused-ring (bicyclic) bond motifs is 3. The van der Waals surface area contributed by atoms with E-state index in [4.69, 9.17) is 9.84 Å². The van der Waals surface area contributed by atoms with Crippen molar-refractivity contribution in [2.24, 2.45) is 5.10 Å². The van der Waals surface area contributed by atoms with Crippen molar-refractivity contribution in [2.75, 3.05) is 6.73 Å². The van der Waals surface area contributed by atoms with Crippen LogP contribution in [0.5, 0.6) is 5.75 Å². The summed E-state index contributed by atoms with van der Waals surface area (Å²) < 4.78 is 5.76. The predicted octanol–water partition coefficient (Wildman–Crippen LogP) is 3.50. The topological polar surface area (TPSA) is 24.8 Å². The van der Waals surface area contributed by atoms with Gasteiger partial charge in [0.25, 0.3) is 0 Å². The number of hydrazone groups is 1. The molecule has 2 aromatic carbocycles. The van der Waals surface area contributed by atoms with Crippen molar-refractivity contribution in [1.29, 1.82) is 0 Å². The third kappa shape index (κ3) is 1.78. The first-order chi connectivity index (χ1) is 9.81. The molecule has 2 aliphatic rings. The van der Waals surface area contributed by atoms with E-state index in [0.29, 0.717) is 12.8 Å². The lowest BCUT2D eigenvalue weighted by molar-refractivity contribution is 0.0750. The number of para-hydroxylation sites is 1. The average molecular weight is 264 g/mol. The van der Waals surface area contributed by atoms with Gasteiger partial charge in [0.2, 0.25) is 0 Å². The number of aryl methyl sites for hydroxylation is 1. The minimum Gasteiger partial charge on any atom is -0.471 e. The average Bonchev–Trinajstić information content (AvgIpc) is 2.92. The summed E-state index contributed by atoms with van der Waals surface area (Å²) in [7, 11) is 0. The van der Waals surface area contributed by atoms with E-state index in [0.717, 1.165) is 17.9 Å². The summed E-state index contributed by atoms with van der Waals surface area (Å²) in [6, 6.07) is 17.2. The molecule has 0 amide bonds. The molecule has 0 saturated heterocycles. The van der Waals surface area contributed by atoms with E-state index in [-0.39, 0.29) is 0 Å². The normalized spacial score (nSPS) is 19.9. The minimum atomic E-state index is 0.316. The van der Waals surface area contributed by atoms with Crippen molar-refractivity contribution in [3.63, 3.8) is 0 Å². The lowest BCUT2D eigenvalue weighted by atomic mass is 9.97. The summed E-state index contributed by atoms with van der Waals surface area (Å²) in [6.45, 7) is 2.64. The molecule has 0 aliphatic carbocycles. The SMILES string of the molecule is Cc1ccc(C2=NN3COc4ccccc4C3C2)cc1. The highest BCUT2D eigenvalue weighted by Crippen LogP contribution is 2.40. The molecule has 100 valence electrons. The summed E-state index contributed by atoms with van der Waals surface area (Å²) in [5.41, 5.74) is 4.88. The molecule has 20 heavy (non-hydrogen) atoms. The van der Waals surface area contributed by atoms with Crippen molar-refractivity contribution in [2.45, 2.75) is 19.4 Å². The highest BCUT2D eigenvalue weighted by atomic mass is 16.5. The van der Waals surface area contributed by atoms with Crippen LogP contribution in [0.1, 0.15) is 29.2 Å². The van der Waals surface area contributed by atoms with Gasteiger partial charge in [-0.05, 0) is 18.6 Å². The van der Waals surface area contributed by atoms with Gasteiger partial charge in [-0.1, -0.05) is 48.0 Å². The van der Waals surface area contributed by atoms with Crippen LogP contribution in [0.2, 0.25) is 0 Å². The molecule has 0 fully saturated rings. The van der Waals surface area contributed by atoms with Crippen LogP contribution in [0, 0.1) is 6.92 Å². The molecule has 2 aromatic rings. The van der Waals surface area contributed by atoms with Gasteiger partial charge in [-0.3, -0.25) is 5.01 Å². The Kier molecular flexibility index (Phi) is 2.52. The number of hydrogen-bond acceptors (Lipinski definition) is 3. The highest BCUT2D eigenvalue weighted by Gasteiger charge is 2.33. The molecule has 3 heteroatoms. The van der Waals surface area contributed by atoms with Gasteiger partial charge in [-0.2, -0.15) is 5.10 Å². The maximum atomic E-state index is 5.76. The van der Waals surface area contributed by atoms with Crippen LogP contribution in [0.25, 0.3) is 0 Å². The lowest BCUT2D eigenvalue weighted by Gasteiger charge is -2.30. The molecular weight excluding hydrogens is 248 g/mol. The van der Waals surface area contributed by atoms with Crippen molar-refractivity contribution < 1.29 is 4.74 Å². The zero-order valence-electron chi connectivity index (χ0n) is 11.4. The van der Waals surface area contributed by atoms with Crippen LogP contribution in [0.15, 0.2) is 53.6 Å². The fraction of sp³-hybridized carbons (Fsp3) is 0.235. The number of hydrogen-bond donors (Lipinski definition) is 0. The van der Waals surface area contributed by atoms with Gasteiger partial charge in [0.15, 0.2) is 6.73 Å². The summed E-state index contributed by atoms with van der Waals surface area (Å²) in [5.74, 6) is 0.995. The van der Waals surface area contributed by atoms with Crippen molar-refractivity contribution in [1.82, 2.24) is 5.01 Å². The van der Waals surface area contributed by atoms with Crippen molar-refractivity contribution in [3.05, 3.63) is 65.2 Å². The van der Waals surface area contributed by atoms with Crippen LogP contribution in [0.4, 0.5) is 0 Å². The maximum Gasteiger partial charge on any atom is 0.177 e.